The number of aromatic nitrogens is 2. The summed E-state index contributed by atoms with van der Waals surface area (Å²) in [4.78, 5) is 9.07. The number of phenolic OH excluding ortho intramolecular Hbond substituents is 2. The van der Waals surface area contributed by atoms with Gasteiger partial charge in [0.2, 0.25) is 5.95 Å². The van der Waals surface area contributed by atoms with E-state index in [0.717, 1.165) is 12.0 Å². The molecule has 0 amide bonds. The maximum atomic E-state index is 10.3. The second kappa shape index (κ2) is 10.3. The van der Waals surface area contributed by atoms with Crippen LogP contribution in [0.1, 0.15) is 18.9 Å². The van der Waals surface area contributed by atoms with Gasteiger partial charge in [0.05, 0.1) is 24.2 Å². The Hall–Kier alpha value is -4.39. The Labute approximate surface area is 192 Å². The number of para-hydroxylation sites is 1. The van der Waals surface area contributed by atoms with E-state index >= 15 is 0 Å². The lowest BCUT2D eigenvalue weighted by atomic mass is 10.1. The van der Waals surface area contributed by atoms with Crippen LogP contribution in [-0.4, -0.2) is 33.0 Å². The summed E-state index contributed by atoms with van der Waals surface area (Å²) in [5.74, 6) is 1.04. The largest absolute Gasteiger partial charge is 0.507 e. The molecular formula is C26H24N4O3. The smallest absolute Gasteiger partial charge is 0.244 e. The van der Waals surface area contributed by atoms with E-state index in [1.807, 2.05) is 49.4 Å². The molecule has 0 aliphatic rings. The number of phenols is 2. The first-order valence-electron chi connectivity index (χ1n) is 10.6. The fourth-order valence-electron chi connectivity index (χ4n) is 3.18. The van der Waals surface area contributed by atoms with Crippen molar-refractivity contribution in [3.8, 4) is 39.8 Å². The van der Waals surface area contributed by atoms with Gasteiger partial charge >= 0.3 is 0 Å². The van der Waals surface area contributed by atoms with E-state index < -0.39 is 0 Å². The highest BCUT2D eigenvalue weighted by Gasteiger charge is 2.11. The van der Waals surface area contributed by atoms with Crippen molar-refractivity contribution in [1.82, 2.24) is 9.97 Å². The number of benzene rings is 3. The van der Waals surface area contributed by atoms with Gasteiger partial charge in [-0.1, -0.05) is 49.4 Å². The highest BCUT2D eigenvalue weighted by molar-refractivity contribution is 5.84. The quantitative estimate of drug-likeness (QED) is 0.249. The summed E-state index contributed by atoms with van der Waals surface area (Å²) in [6.45, 7) is 2.61. The third-order valence-corrected chi connectivity index (χ3v) is 4.82. The molecule has 0 aliphatic heterocycles. The van der Waals surface area contributed by atoms with Crippen LogP contribution in [0, 0.1) is 0 Å². The number of nitrogens with one attached hydrogen (secondary N) is 1. The number of ether oxygens (including phenoxy) is 1. The van der Waals surface area contributed by atoms with Gasteiger partial charge in [-0.3, -0.25) is 0 Å². The van der Waals surface area contributed by atoms with Crippen LogP contribution in [0.25, 0.3) is 22.5 Å². The first-order chi connectivity index (χ1) is 16.1. The molecule has 1 heterocycles. The lowest BCUT2D eigenvalue weighted by Crippen LogP contribution is -2.00. The highest BCUT2D eigenvalue weighted by Crippen LogP contribution is 2.30. The molecule has 0 bridgehead atoms. The average molecular weight is 441 g/mol. The van der Waals surface area contributed by atoms with Crippen molar-refractivity contribution in [3.63, 3.8) is 0 Å². The monoisotopic (exact) mass is 440 g/mol. The Balaban J connectivity index is 1.62. The number of nitrogens with zero attached hydrogens (tertiary/aromatic N) is 3. The Kier molecular flexibility index (Phi) is 6.80. The normalized spacial score (nSPS) is 10.9. The number of hydrogen-bond donors (Lipinski definition) is 3. The Morgan fingerprint density at radius 3 is 2.39 bits per heavy atom. The Morgan fingerprint density at radius 2 is 1.64 bits per heavy atom. The van der Waals surface area contributed by atoms with Crippen molar-refractivity contribution in [2.45, 2.75) is 13.3 Å². The average Bonchev–Trinajstić information content (AvgIpc) is 2.84. The predicted octanol–water partition coefficient (Wildman–Crippen LogP) is 5.46. The van der Waals surface area contributed by atoms with E-state index in [2.05, 4.69) is 20.5 Å². The maximum absolute atomic E-state index is 10.3. The summed E-state index contributed by atoms with van der Waals surface area (Å²) in [5.41, 5.74) is 6.08. The number of rotatable bonds is 8. The van der Waals surface area contributed by atoms with Gasteiger partial charge in [-0.15, -0.1) is 0 Å². The van der Waals surface area contributed by atoms with Crippen LogP contribution < -0.4 is 10.2 Å². The SMILES string of the molecule is CCCOc1ccc(C=NNc2nc(-c3ccccc3)cc(-c3ccccc3O)n2)c(O)c1. The zero-order chi connectivity index (χ0) is 23.0. The van der Waals surface area contributed by atoms with Gasteiger partial charge in [-0.25, -0.2) is 15.4 Å². The minimum absolute atomic E-state index is 0.0583. The van der Waals surface area contributed by atoms with Crippen molar-refractivity contribution in [2.24, 2.45) is 5.10 Å². The fraction of sp³-hybridized carbons (Fsp3) is 0.115. The minimum Gasteiger partial charge on any atom is -0.507 e. The van der Waals surface area contributed by atoms with Crippen LogP contribution in [-0.2, 0) is 0 Å². The van der Waals surface area contributed by atoms with E-state index in [4.69, 9.17) is 4.74 Å². The molecule has 4 rings (SSSR count). The number of anilines is 1. The summed E-state index contributed by atoms with van der Waals surface area (Å²) in [6, 6.07) is 23.6. The van der Waals surface area contributed by atoms with Crippen molar-refractivity contribution >= 4 is 12.2 Å². The molecule has 0 radical (unpaired) electrons. The number of hydrazone groups is 1. The molecule has 1 aromatic heterocycles. The zero-order valence-corrected chi connectivity index (χ0v) is 18.1. The molecular weight excluding hydrogens is 416 g/mol. The fourth-order valence-corrected chi connectivity index (χ4v) is 3.18. The molecule has 33 heavy (non-hydrogen) atoms. The second-order valence-electron chi connectivity index (χ2n) is 7.28. The molecule has 4 aromatic rings. The highest BCUT2D eigenvalue weighted by atomic mass is 16.5. The van der Waals surface area contributed by atoms with Gasteiger partial charge in [-0.2, -0.15) is 5.10 Å². The topological polar surface area (TPSA) is 99.9 Å². The molecule has 0 saturated heterocycles. The van der Waals surface area contributed by atoms with E-state index in [1.165, 1.54) is 6.21 Å². The van der Waals surface area contributed by atoms with E-state index in [1.54, 1.807) is 36.4 Å². The van der Waals surface area contributed by atoms with Crippen LogP contribution in [0.3, 0.4) is 0 Å². The van der Waals surface area contributed by atoms with E-state index in [-0.39, 0.29) is 17.4 Å². The van der Waals surface area contributed by atoms with Crippen molar-refractivity contribution in [2.75, 3.05) is 12.0 Å². The van der Waals surface area contributed by atoms with Crippen molar-refractivity contribution < 1.29 is 14.9 Å². The van der Waals surface area contributed by atoms with Gasteiger partial charge < -0.3 is 14.9 Å². The molecule has 3 N–H and O–H groups in total. The summed E-state index contributed by atoms with van der Waals surface area (Å²) >= 11 is 0. The predicted molar refractivity (Wildman–Crippen MR) is 130 cm³/mol. The van der Waals surface area contributed by atoms with Crippen LogP contribution >= 0.6 is 0 Å². The van der Waals surface area contributed by atoms with Gasteiger partial charge in [-0.05, 0) is 36.8 Å². The van der Waals surface area contributed by atoms with Crippen LogP contribution in [0.15, 0.2) is 84.0 Å². The molecule has 166 valence electrons. The minimum atomic E-state index is 0.0583. The molecule has 0 aliphatic carbocycles. The molecule has 0 fully saturated rings. The second-order valence-corrected chi connectivity index (χ2v) is 7.28. The van der Waals surface area contributed by atoms with Crippen molar-refractivity contribution in [3.05, 3.63) is 84.4 Å². The molecule has 3 aromatic carbocycles. The van der Waals surface area contributed by atoms with Gasteiger partial charge in [0.1, 0.15) is 17.2 Å². The summed E-state index contributed by atoms with van der Waals surface area (Å²) in [7, 11) is 0. The molecule has 0 saturated carbocycles. The van der Waals surface area contributed by atoms with Gasteiger partial charge in [0.25, 0.3) is 0 Å². The molecule has 0 spiro atoms. The molecule has 7 heteroatoms. The summed E-state index contributed by atoms with van der Waals surface area (Å²) in [5, 5.41) is 24.7. The van der Waals surface area contributed by atoms with Crippen LogP contribution in [0.5, 0.6) is 17.2 Å². The summed E-state index contributed by atoms with van der Waals surface area (Å²) in [6.07, 6.45) is 2.37. The van der Waals surface area contributed by atoms with Crippen molar-refractivity contribution in [1.29, 1.82) is 0 Å². The Bertz CT molecular complexity index is 1260. The van der Waals surface area contributed by atoms with E-state index in [9.17, 15) is 10.2 Å². The van der Waals surface area contributed by atoms with E-state index in [0.29, 0.717) is 34.9 Å². The van der Waals surface area contributed by atoms with Gasteiger partial charge in [0.15, 0.2) is 0 Å². The molecule has 0 atom stereocenters. The number of aromatic hydroxyl groups is 2. The zero-order valence-electron chi connectivity index (χ0n) is 18.1. The molecule has 7 nitrogen and oxygen atoms in total. The Morgan fingerprint density at radius 1 is 0.879 bits per heavy atom. The third kappa shape index (κ3) is 5.46. The van der Waals surface area contributed by atoms with Crippen LogP contribution in [0.4, 0.5) is 5.95 Å². The standard InChI is InChI=1S/C26H24N4O3/c1-2-14-33-20-13-12-19(25(32)15-20)17-27-30-26-28-22(18-8-4-3-5-9-18)16-23(29-26)21-10-6-7-11-24(21)31/h3-13,15-17,31-32H,2,14H2,1H3,(H,28,29,30). The molecule has 0 unspecified atom stereocenters. The lowest BCUT2D eigenvalue weighted by molar-refractivity contribution is 0.315. The first kappa shape index (κ1) is 21.8. The first-order valence-corrected chi connectivity index (χ1v) is 10.6. The third-order valence-electron chi connectivity index (χ3n) is 4.82. The lowest BCUT2D eigenvalue weighted by Gasteiger charge is -2.09. The number of hydrogen-bond acceptors (Lipinski definition) is 7. The summed E-state index contributed by atoms with van der Waals surface area (Å²) < 4.78 is 5.52. The van der Waals surface area contributed by atoms with Crippen LogP contribution in [0.2, 0.25) is 0 Å². The van der Waals surface area contributed by atoms with Gasteiger partial charge in [0, 0.05) is 22.8 Å². The maximum Gasteiger partial charge on any atom is 0.244 e.